The monoisotopic (exact) mass is 283 g/mol. The van der Waals surface area contributed by atoms with Crippen molar-refractivity contribution in [3.05, 3.63) is 0 Å². The Labute approximate surface area is 117 Å². The van der Waals surface area contributed by atoms with E-state index >= 15 is 0 Å². The number of hydrogen-bond donors (Lipinski definition) is 2. The van der Waals surface area contributed by atoms with Crippen LogP contribution in [0.5, 0.6) is 0 Å². The third kappa shape index (κ3) is 3.27. The Balaban J connectivity index is 2.00. The van der Waals surface area contributed by atoms with Gasteiger partial charge in [-0.05, 0) is 26.2 Å². The van der Waals surface area contributed by atoms with Crippen molar-refractivity contribution in [1.82, 2.24) is 15.1 Å². The number of rotatable bonds is 3. The fourth-order valence-corrected chi connectivity index (χ4v) is 2.83. The van der Waals surface area contributed by atoms with Crippen LogP contribution in [-0.2, 0) is 14.4 Å². The number of piperazine rings is 1. The highest BCUT2D eigenvalue weighted by Gasteiger charge is 2.34. The van der Waals surface area contributed by atoms with E-state index in [1.165, 1.54) is 4.90 Å². The lowest BCUT2D eigenvalue weighted by molar-refractivity contribution is -0.148. The Hall–Kier alpha value is -1.63. The highest BCUT2D eigenvalue weighted by atomic mass is 16.4. The summed E-state index contributed by atoms with van der Waals surface area (Å²) in [5, 5.41) is 11.7. The number of nitrogens with zero attached hydrogens (tertiary/aromatic N) is 2. The summed E-state index contributed by atoms with van der Waals surface area (Å²) in [5.74, 6) is -1.33. The van der Waals surface area contributed by atoms with Crippen LogP contribution in [0, 0.1) is 0 Å². The number of piperidine rings is 1. The van der Waals surface area contributed by atoms with Crippen LogP contribution in [-0.4, -0.2) is 71.0 Å². The maximum atomic E-state index is 12.3. The van der Waals surface area contributed by atoms with Crippen LogP contribution >= 0.6 is 0 Å². The number of carbonyl (C=O) groups is 3. The minimum absolute atomic E-state index is 0.00523. The van der Waals surface area contributed by atoms with Crippen molar-refractivity contribution in [2.75, 3.05) is 26.2 Å². The number of carbonyl (C=O) groups excluding carboxylic acids is 2. The van der Waals surface area contributed by atoms with E-state index in [4.69, 9.17) is 5.11 Å². The smallest absolute Gasteiger partial charge is 0.322 e. The summed E-state index contributed by atoms with van der Waals surface area (Å²) >= 11 is 0. The van der Waals surface area contributed by atoms with Gasteiger partial charge in [0.15, 0.2) is 0 Å². The second kappa shape index (κ2) is 6.21. The van der Waals surface area contributed by atoms with Crippen molar-refractivity contribution in [2.24, 2.45) is 0 Å². The maximum Gasteiger partial charge on any atom is 0.322 e. The fraction of sp³-hybridized carbons (Fsp3) is 0.769. The van der Waals surface area contributed by atoms with Crippen LogP contribution in [0.1, 0.15) is 26.2 Å². The Morgan fingerprint density at radius 1 is 1.40 bits per heavy atom. The molecule has 0 aromatic carbocycles. The molecule has 2 fully saturated rings. The third-order valence-electron chi connectivity index (χ3n) is 4.03. The van der Waals surface area contributed by atoms with Crippen molar-refractivity contribution in [3.8, 4) is 0 Å². The third-order valence-corrected chi connectivity index (χ3v) is 4.03. The van der Waals surface area contributed by atoms with Gasteiger partial charge in [-0.3, -0.25) is 19.3 Å². The number of aliphatic carboxylic acids is 1. The van der Waals surface area contributed by atoms with Gasteiger partial charge in [-0.25, -0.2) is 0 Å². The summed E-state index contributed by atoms with van der Waals surface area (Å²) in [6.07, 6.45) is 3.09. The molecule has 2 heterocycles. The minimum atomic E-state index is -1.01. The Kier molecular flexibility index (Phi) is 4.59. The molecule has 7 nitrogen and oxygen atoms in total. The average molecular weight is 283 g/mol. The van der Waals surface area contributed by atoms with Crippen molar-refractivity contribution in [1.29, 1.82) is 0 Å². The molecule has 0 radical (unpaired) electrons. The Morgan fingerprint density at radius 3 is 2.80 bits per heavy atom. The highest BCUT2D eigenvalue weighted by Crippen LogP contribution is 2.17. The lowest BCUT2D eigenvalue weighted by Gasteiger charge is -2.37. The van der Waals surface area contributed by atoms with Crippen molar-refractivity contribution >= 4 is 17.8 Å². The topological polar surface area (TPSA) is 90.0 Å². The van der Waals surface area contributed by atoms with E-state index in [1.807, 2.05) is 6.92 Å². The molecule has 2 saturated heterocycles. The zero-order valence-electron chi connectivity index (χ0n) is 11.7. The molecule has 0 aromatic heterocycles. The van der Waals surface area contributed by atoms with Gasteiger partial charge in [0.25, 0.3) is 0 Å². The summed E-state index contributed by atoms with van der Waals surface area (Å²) in [6, 6.07) is -0.630. The van der Waals surface area contributed by atoms with Crippen LogP contribution in [0.3, 0.4) is 0 Å². The van der Waals surface area contributed by atoms with Crippen molar-refractivity contribution in [3.63, 3.8) is 0 Å². The summed E-state index contributed by atoms with van der Waals surface area (Å²) in [6.45, 7) is 2.74. The van der Waals surface area contributed by atoms with E-state index in [0.717, 1.165) is 25.8 Å². The predicted molar refractivity (Wildman–Crippen MR) is 71.0 cm³/mol. The zero-order chi connectivity index (χ0) is 14.7. The van der Waals surface area contributed by atoms with Crippen LogP contribution in [0.4, 0.5) is 0 Å². The molecule has 2 N–H and O–H groups in total. The standard InChI is InChI=1S/C13H21N3O4/c1-9-4-2-3-5-16(9)12(18)8-15-7-11(17)14-6-10(15)13(19)20/h9-10H,2-8H2,1H3,(H,14,17)(H,19,20). The molecule has 2 aliphatic heterocycles. The van der Waals surface area contributed by atoms with Gasteiger partial charge in [0, 0.05) is 19.1 Å². The predicted octanol–water partition coefficient (Wildman–Crippen LogP) is -0.728. The fourth-order valence-electron chi connectivity index (χ4n) is 2.83. The number of carboxylic acids is 1. The minimum Gasteiger partial charge on any atom is -0.480 e. The van der Waals surface area contributed by atoms with Gasteiger partial charge in [-0.15, -0.1) is 0 Å². The first-order valence-corrected chi connectivity index (χ1v) is 7.02. The summed E-state index contributed by atoms with van der Waals surface area (Å²) in [7, 11) is 0. The molecule has 0 aromatic rings. The van der Waals surface area contributed by atoms with E-state index in [1.54, 1.807) is 4.90 Å². The number of carboxylic acid groups (broad SMARTS) is 1. The van der Waals surface area contributed by atoms with Gasteiger partial charge in [-0.2, -0.15) is 0 Å². The number of amides is 2. The molecule has 2 atom stereocenters. The Morgan fingerprint density at radius 2 is 2.15 bits per heavy atom. The van der Waals surface area contributed by atoms with Crippen molar-refractivity contribution < 1.29 is 19.5 Å². The molecule has 2 aliphatic rings. The second-order valence-corrected chi connectivity index (χ2v) is 5.50. The van der Waals surface area contributed by atoms with Gasteiger partial charge in [0.05, 0.1) is 13.1 Å². The first kappa shape index (κ1) is 14.8. The SMILES string of the molecule is CC1CCCCN1C(=O)CN1CC(=O)NCC1C(=O)O. The maximum absolute atomic E-state index is 12.3. The largest absolute Gasteiger partial charge is 0.480 e. The molecular weight excluding hydrogens is 262 g/mol. The van der Waals surface area contributed by atoms with Gasteiger partial charge in [-0.1, -0.05) is 0 Å². The number of likely N-dealkylation sites (tertiary alicyclic amines) is 1. The van der Waals surface area contributed by atoms with E-state index in [-0.39, 0.29) is 37.5 Å². The van der Waals surface area contributed by atoms with E-state index in [2.05, 4.69) is 5.32 Å². The molecular formula is C13H21N3O4. The normalized spacial score (nSPS) is 28.1. The zero-order valence-corrected chi connectivity index (χ0v) is 11.7. The van der Waals surface area contributed by atoms with E-state index < -0.39 is 12.0 Å². The highest BCUT2D eigenvalue weighted by molar-refractivity contribution is 5.85. The molecule has 7 heteroatoms. The van der Waals surface area contributed by atoms with E-state index in [9.17, 15) is 14.4 Å². The number of hydrogen-bond acceptors (Lipinski definition) is 4. The molecule has 0 bridgehead atoms. The van der Waals surface area contributed by atoms with Crippen LogP contribution in [0.15, 0.2) is 0 Å². The summed E-state index contributed by atoms with van der Waals surface area (Å²) in [5.41, 5.74) is 0. The molecule has 112 valence electrons. The quantitative estimate of drug-likeness (QED) is 0.713. The lowest BCUT2D eigenvalue weighted by Crippen LogP contribution is -2.60. The van der Waals surface area contributed by atoms with E-state index in [0.29, 0.717) is 0 Å². The van der Waals surface area contributed by atoms with Crippen LogP contribution < -0.4 is 5.32 Å². The molecule has 2 rings (SSSR count). The average Bonchev–Trinajstić information content (AvgIpc) is 2.38. The molecule has 0 saturated carbocycles. The molecule has 2 amide bonds. The first-order valence-electron chi connectivity index (χ1n) is 7.02. The van der Waals surface area contributed by atoms with Gasteiger partial charge >= 0.3 is 5.97 Å². The van der Waals surface area contributed by atoms with Gasteiger partial charge in [0.1, 0.15) is 6.04 Å². The van der Waals surface area contributed by atoms with Crippen molar-refractivity contribution in [2.45, 2.75) is 38.3 Å². The van der Waals surface area contributed by atoms with Crippen LogP contribution in [0.25, 0.3) is 0 Å². The van der Waals surface area contributed by atoms with Gasteiger partial charge in [0.2, 0.25) is 11.8 Å². The molecule has 2 unspecified atom stereocenters. The van der Waals surface area contributed by atoms with Gasteiger partial charge < -0.3 is 15.3 Å². The van der Waals surface area contributed by atoms with Crippen LogP contribution in [0.2, 0.25) is 0 Å². The lowest BCUT2D eigenvalue weighted by atomic mass is 10.0. The number of nitrogens with one attached hydrogen (secondary N) is 1. The molecule has 20 heavy (non-hydrogen) atoms. The second-order valence-electron chi connectivity index (χ2n) is 5.50. The Bertz CT molecular complexity index is 412. The molecule has 0 aliphatic carbocycles. The first-order chi connectivity index (χ1) is 9.49. The molecule has 0 spiro atoms. The summed E-state index contributed by atoms with van der Waals surface area (Å²) < 4.78 is 0. The summed E-state index contributed by atoms with van der Waals surface area (Å²) in [4.78, 5) is 38.1.